The zero-order valence-corrected chi connectivity index (χ0v) is 18.2. The van der Waals surface area contributed by atoms with E-state index in [2.05, 4.69) is 41.2 Å². The number of nitrogens with zero attached hydrogens (tertiary/aromatic N) is 4. The van der Waals surface area contributed by atoms with Crippen LogP contribution in [0.2, 0.25) is 0 Å². The molecule has 1 atom stereocenters. The molecule has 7 heteroatoms. The number of aryl methyl sites for hydroxylation is 1. The van der Waals surface area contributed by atoms with Gasteiger partial charge in [-0.2, -0.15) is 10.2 Å². The van der Waals surface area contributed by atoms with Gasteiger partial charge in [-0.1, -0.05) is 19.9 Å². The summed E-state index contributed by atoms with van der Waals surface area (Å²) < 4.78 is 13.4. The van der Waals surface area contributed by atoms with Crippen molar-refractivity contribution in [3.8, 4) is 0 Å². The third kappa shape index (κ3) is 4.23. The molecule has 1 saturated heterocycles. The number of fused-ring (bicyclic) bond motifs is 1. The highest BCUT2D eigenvalue weighted by molar-refractivity contribution is 5.97. The highest BCUT2D eigenvalue weighted by atomic mass is 19.1. The van der Waals surface area contributed by atoms with Gasteiger partial charge in [0.1, 0.15) is 5.82 Å². The molecule has 0 aliphatic carbocycles. The molecule has 0 radical (unpaired) electrons. The Morgan fingerprint density at radius 1 is 1.30 bits per heavy atom. The van der Waals surface area contributed by atoms with Gasteiger partial charge in [-0.3, -0.25) is 9.69 Å². The zero-order valence-electron chi connectivity index (χ0n) is 18.2. The Kier molecular flexibility index (Phi) is 5.59. The summed E-state index contributed by atoms with van der Waals surface area (Å²) >= 11 is 0. The van der Waals surface area contributed by atoms with Crippen LogP contribution in [-0.4, -0.2) is 59.8 Å². The van der Waals surface area contributed by atoms with Gasteiger partial charge in [0.05, 0.1) is 23.6 Å². The number of hydrogen-bond donors (Lipinski definition) is 1. The molecule has 6 nitrogen and oxygen atoms in total. The van der Waals surface area contributed by atoms with E-state index in [4.69, 9.17) is 0 Å². The van der Waals surface area contributed by atoms with Crippen molar-refractivity contribution in [2.45, 2.75) is 45.6 Å². The van der Waals surface area contributed by atoms with Crippen molar-refractivity contribution in [1.82, 2.24) is 20.4 Å². The number of benzene rings is 1. The molecule has 0 spiro atoms. The van der Waals surface area contributed by atoms with Crippen molar-refractivity contribution in [1.29, 1.82) is 0 Å². The Morgan fingerprint density at radius 2 is 2.10 bits per heavy atom. The molecular formula is C23H30FN5O. The van der Waals surface area contributed by atoms with Crippen LogP contribution in [0, 0.1) is 12.7 Å². The highest BCUT2D eigenvalue weighted by Gasteiger charge is 2.40. The number of rotatable bonds is 4. The first-order chi connectivity index (χ1) is 14.2. The van der Waals surface area contributed by atoms with Crippen LogP contribution in [0.3, 0.4) is 0 Å². The summed E-state index contributed by atoms with van der Waals surface area (Å²) in [5.41, 5.74) is 4.17. The molecule has 30 heavy (non-hydrogen) atoms. The molecule has 2 aliphatic heterocycles. The van der Waals surface area contributed by atoms with Crippen molar-refractivity contribution < 1.29 is 9.18 Å². The van der Waals surface area contributed by atoms with Gasteiger partial charge in [-0.05, 0) is 43.2 Å². The normalized spacial score (nSPS) is 21.0. The van der Waals surface area contributed by atoms with E-state index < -0.39 is 0 Å². The van der Waals surface area contributed by atoms with E-state index in [9.17, 15) is 9.18 Å². The van der Waals surface area contributed by atoms with Crippen LogP contribution in [0.25, 0.3) is 0 Å². The first kappa shape index (κ1) is 20.9. The number of piperazine rings is 1. The quantitative estimate of drug-likeness (QED) is 0.837. The van der Waals surface area contributed by atoms with Crippen LogP contribution >= 0.6 is 0 Å². The average Bonchev–Trinajstić information content (AvgIpc) is 2.95. The van der Waals surface area contributed by atoms with E-state index >= 15 is 0 Å². The van der Waals surface area contributed by atoms with Crippen LogP contribution in [0.5, 0.6) is 0 Å². The van der Waals surface area contributed by atoms with E-state index in [1.54, 1.807) is 6.07 Å². The summed E-state index contributed by atoms with van der Waals surface area (Å²) in [6.07, 6.45) is 0.560. The fourth-order valence-corrected chi connectivity index (χ4v) is 4.46. The first-order valence-corrected chi connectivity index (χ1v) is 10.6. The lowest BCUT2D eigenvalue weighted by Crippen LogP contribution is -2.52. The number of halogens is 1. The van der Waals surface area contributed by atoms with E-state index in [1.165, 1.54) is 12.1 Å². The number of hydrogen-bond acceptors (Lipinski definition) is 5. The Balaban J connectivity index is 1.57. The van der Waals surface area contributed by atoms with Crippen LogP contribution in [0.1, 0.15) is 43.3 Å². The molecule has 1 N–H and O–H groups in total. The Morgan fingerprint density at radius 3 is 2.83 bits per heavy atom. The molecule has 0 saturated carbocycles. The minimum Gasteiger partial charge on any atom is -0.312 e. The number of anilines is 1. The lowest BCUT2D eigenvalue weighted by atomic mass is 9.91. The first-order valence-electron chi connectivity index (χ1n) is 10.6. The van der Waals surface area contributed by atoms with Gasteiger partial charge in [-0.15, -0.1) is 0 Å². The van der Waals surface area contributed by atoms with E-state index in [1.807, 2.05) is 17.9 Å². The molecule has 160 valence electrons. The Bertz CT molecular complexity index is 961. The maximum atomic E-state index is 13.4. The minimum absolute atomic E-state index is 0.104. The summed E-state index contributed by atoms with van der Waals surface area (Å²) in [6.45, 7) is 11.9. The number of aromatic nitrogens is 2. The fourth-order valence-electron chi connectivity index (χ4n) is 4.46. The van der Waals surface area contributed by atoms with E-state index in [0.29, 0.717) is 25.6 Å². The fraction of sp³-hybridized carbons (Fsp3) is 0.522. The zero-order chi connectivity index (χ0) is 21.5. The molecule has 0 unspecified atom stereocenters. The van der Waals surface area contributed by atoms with Crippen LogP contribution in [0.15, 0.2) is 24.3 Å². The molecule has 2 aromatic rings. The number of carbonyl (C=O) groups excluding carboxylic acids is 1. The lowest BCUT2D eigenvalue weighted by Gasteiger charge is -2.32. The SMILES string of the molecule is Cc1cc(F)ccc1Cc1cc2c(nn1)C(C)(C)CN2C(=O)CN1CCN[C@H](C)C1. The number of carbonyl (C=O) groups is 1. The van der Waals surface area contributed by atoms with Gasteiger partial charge < -0.3 is 10.2 Å². The third-order valence-corrected chi connectivity index (χ3v) is 6.10. The van der Waals surface area contributed by atoms with Crippen molar-refractivity contribution in [2.75, 3.05) is 37.6 Å². The standard InChI is InChI=1S/C23H30FN5O/c1-15-9-18(24)6-5-17(15)10-19-11-20-22(27-26-19)23(3,4)14-29(20)21(30)13-28-8-7-25-16(2)12-28/h5-6,9,11,16,25H,7-8,10,12-14H2,1-4H3/t16-/m1/s1. The predicted octanol–water partition coefficient (Wildman–Crippen LogP) is 2.43. The van der Waals surface area contributed by atoms with Crippen molar-refractivity contribution in [3.05, 3.63) is 52.6 Å². The monoisotopic (exact) mass is 411 g/mol. The van der Waals surface area contributed by atoms with Crippen LogP contribution in [-0.2, 0) is 16.6 Å². The lowest BCUT2D eigenvalue weighted by molar-refractivity contribution is -0.120. The molecule has 2 aliphatic rings. The Labute approximate surface area is 177 Å². The molecule has 1 amide bonds. The maximum Gasteiger partial charge on any atom is 0.241 e. The van der Waals surface area contributed by atoms with Crippen LogP contribution < -0.4 is 10.2 Å². The van der Waals surface area contributed by atoms with Crippen molar-refractivity contribution in [2.24, 2.45) is 0 Å². The van der Waals surface area contributed by atoms with Gasteiger partial charge in [0.25, 0.3) is 0 Å². The molecule has 1 aromatic carbocycles. The van der Waals surface area contributed by atoms with Gasteiger partial charge in [0.15, 0.2) is 0 Å². The molecule has 4 rings (SSSR count). The third-order valence-electron chi connectivity index (χ3n) is 6.10. The largest absolute Gasteiger partial charge is 0.312 e. The van der Waals surface area contributed by atoms with Gasteiger partial charge >= 0.3 is 0 Å². The molecule has 1 aromatic heterocycles. The maximum absolute atomic E-state index is 13.4. The van der Waals surface area contributed by atoms with Crippen molar-refractivity contribution in [3.63, 3.8) is 0 Å². The summed E-state index contributed by atoms with van der Waals surface area (Å²) in [7, 11) is 0. The summed E-state index contributed by atoms with van der Waals surface area (Å²) in [4.78, 5) is 17.3. The van der Waals surface area contributed by atoms with E-state index in [-0.39, 0.29) is 17.1 Å². The number of amides is 1. The van der Waals surface area contributed by atoms with Crippen molar-refractivity contribution >= 4 is 11.6 Å². The number of nitrogens with one attached hydrogen (secondary N) is 1. The molecule has 1 fully saturated rings. The van der Waals surface area contributed by atoms with Gasteiger partial charge in [-0.25, -0.2) is 4.39 Å². The smallest absolute Gasteiger partial charge is 0.241 e. The summed E-state index contributed by atoms with van der Waals surface area (Å²) in [5.74, 6) is -0.134. The predicted molar refractivity (Wildman–Crippen MR) is 115 cm³/mol. The molecule has 0 bridgehead atoms. The topological polar surface area (TPSA) is 61.4 Å². The second-order valence-corrected chi connectivity index (χ2v) is 9.27. The highest BCUT2D eigenvalue weighted by Crippen LogP contribution is 2.39. The van der Waals surface area contributed by atoms with Gasteiger partial charge in [0.2, 0.25) is 5.91 Å². The molecular weight excluding hydrogens is 381 g/mol. The summed E-state index contributed by atoms with van der Waals surface area (Å²) in [5, 5.41) is 12.3. The average molecular weight is 412 g/mol. The van der Waals surface area contributed by atoms with Gasteiger partial charge in [0, 0.05) is 44.1 Å². The minimum atomic E-state index is -0.239. The van der Waals surface area contributed by atoms with E-state index in [0.717, 1.165) is 47.8 Å². The second-order valence-electron chi connectivity index (χ2n) is 9.27. The second kappa shape index (κ2) is 8.04. The molecule has 3 heterocycles. The summed E-state index contributed by atoms with van der Waals surface area (Å²) in [6, 6.07) is 7.17. The Hall–Kier alpha value is -2.38. The van der Waals surface area contributed by atoms with Crippen LogP contribution in [0.4, 0.5) is 10.1 Å².